The van der Waals surface area contributed by atoms with Gasteiger partial charge in [-0.3, -0.25) is 4.79 Å². The maximum atomic E-state index is 10.7. The quantitative estimate of drug-likeness (QED) is 0.573. The molecule has 0 saturated heterocycles. The van der Waals surface area contributed by atoms with E-state index < -0.39 is 0 Å². The van der Waals surface area contributed by atoms with Gasteiger partial charge in [0.2, 0.25) is 0 Å². The maximum Gasteiger partial charge on any atom is 0.153 e. The van der Waals surface area contributed by atoms with Crippen LogP contribution >= 0.6 is 34.8 Å². The fraction of sp³-hybridized carbons (Fsp3) is 0. The van der Waals surface area contributed by atoms with Crippen LogP contribution in [0, 0.1) is 0 Å². The molecule has 0 saturated carbocycles. The SMILES string of the molecule is O=Cc1cc2c(Cl)cc(Cl)cc2nc1Cl. The molecule has 0 atom stereocenters. The van der Waals surface area contributed by atoms with Crippen LogP contribution in [0.15, 0.2) is 18.2 Å². The summed E-state index contributed by atoms with van der Waals surface area (Å²) in [5.41, 5.74) is 0.886. The molecule has 0 N–H and O–H groups in total. The Morgan fingerprint density at radius 3 is 2.53 bits per heavy atom. The van der Waals surface area contributed by atoms with E-state index in [2.05, 4.69) is 4.98 Å². The Hall–Kier alpha value is -0.830. The highest BCUT2D eigenvalue weighted by Gasteiger charge is 2.07. The number of carbonyl (C=O) groups excluding carboxylic acids is 1. The fourth-order valence-electron chi connectivity index (χ4n) is 1.27. The molecule has 0 spiro atoms. The van der Waals surface area contributed by atoms with Crippen molar-refractivity contribution < 1.29 is 4.79 Å². The van der Waals surface area contributed by atoms with Gasteiger partial charge in [0, 0.05) is 10.4 Å². The predicted molar refractivity (Wildman–Crippen MR) is 62.2 cm³/mol. The van der Waals surface area contributed by atoms with Gasteiger partial charge in [0.15, 0.2) is 6.29 Å². The zero-order valence-electron chi connectivity index (χ0n) is 7.30. The summed E-state index contributed by atoms with van der Waals surface area (Å²) >= 11 is 17.6. The van der Waals surface area contributed by atoms with Crippen LogP contribution in [0.1, 0.15) is 10.4 Å². The van der Waals surface area contributed by atoms with Gasteiger partial charge in [0.05, 0.1) is 16.1 Å². The van der Waals surface area contributed by atoms with Gasteiger partial charge in [-0.05, 0) is 18.2 Å². The second-order valence-electron chi connectivity index (χ2n) is 2.94. The fourth-order valence-corrected chi connectivity index (χ4v) is 2.00. The van der Waals surface area contributed by atoms with Crippen LogP contribution in [0.3, 0.4) is 0 Å². The zero-order chi connectivity index (χ0) is 11.0. The predicted octanol–water partition coefficient (Wildman–Crippen LogP) is 4.01. The summed E-state index contributed by atoms with van der Waals surface area (Å²) in [6, 6.07) is 4.83. The van der Waals surface area contributed by atoms with Crippen LogP contribution in [0.2, 0.25) is 15.2 Å². The molecule has 0 aliphatic heterocycles. The number of rotatable bonds is 1. The lowest BCUT2D eigenvalue weighted by Crippen LogP contribution is -1.88. The van der Waals surface area contributed by atoms with Crippen LogP contribution < -0.4 is 0 Å². The zero-order valence-corrected chi connectivity index (χ0v) is 9.57. The van der Waals surface area contributed by atoms with Gasteiger partial charge in [-0.2, -0.15) is 0 Å². The van der Waals surface area contributed by atoms with Crippen molar-refractivity contribution in [2.24, 2.45) is 0 Å². The molecule has 2 aromatic rings. The first kappa shape index (κ1) is 10.7. The highest BCUT2D eigenvalue weighted by Crippen LogP contribution is 2.29. The molecule has 0 unspecified atom stereocenters. The van der Waals surface area contributed by atoms with Crippen molar-refractivity contribution in [1.82, 2.24) is 4.98 Å². The van der Waals surface area contributed by atoms with E-state index in [0.717, 1.165) is 0 Å². The van der Waals surface area contributed by atoms with Crippen molar-refractivity contribution in [1.29, 1.82) is 0 Å². The lowest BCUT2D eigenvalue weighted by atomic mass is 10.2. The molecule has 1 heterocycles. The Morgan fingerprint density at radius 1 is 1.13 bits per heavy atom. The summed E-state index contributed by atoms with van der Waals surface area (Å²) in [6.45, 7) is 0. The molecule has 15 heavy (non-hydrogen) atoms. The number of aldehydes is 1. The van der Waals surface area contributed by atoms with E-state index >= 15 is 0 Å². The second kappa shape index (κ2) is 3.97. The van der Waals surface area contributed by atoms with E-state index in [-0.39, 0.29) is 5.15 Å². The largest absolute Gasteiger partial charge is 0.298 e. The highest BCUT2D eigenvalue weighted by atomic mass is 35.5. The molecule has 0 amide bonds. The summed E-state index contributed by atoms with van der Waals surface area (Å²) in [4.78, 5) is 14.7. The normalized spacial score (nSPS) is 10.6. The average molecular weight is 261 g/mol. The van der Waals surface area contributed by atoms with E-state index in [0.29, 0.717) is 32.8 Å². The third-order valence-corrected chi connectivity index (χ3v) is 2.79. The van der Waals surface area contributed by atoms with Crippen molar-refractivity contribution in [2.75, 3.05) is 0 Å². The molecule has 1 aromatic heterocycles. The number of fused-ring (bicyclic) bond motifs is 1. The van der Waals surface area contributed by atoms with Gasteiger partial charge < -0.3 is 0 Å². The number of hydrogen-bond acceptors (Lipinski definition) is 2. The minimum absolute atomic E-state index is 0.149. The monoisotopic (exact) mass is 259 g/mol. The van der Waals surface area contributed by atoms with Gasteiger partial charge >= 0.3 is 0 Å². The number of pyridine rings is 1. The highest BCUT2D eigenvalue weighted by molar-refractivity contribution is 6.39. The number of benzene rings is 1. The van der Waals surface area contributed by atoms with E-state index in [1.54, 1.807) is 18.2 Å². The number of hydrogen-bond donors (Lipinski definition) is 0. The molecule has 2 rings (SSSR count). The summed E-state index contributed by atoms with van der Waals surface area (Å²) in [5.74, 6) is 0. The molecule has 2 nitrogen and oxygen atoms in total. The molecular weight excluding hydrogens is 256 g/mol. The molecule has 0 aliphatic rings. The van der Waals surface area contributed by atoms with Crippen molar-refractivity contribution in [3.05, 3.63) is 39.0 Å². The van der Waals surface area contributed by atoms with E-state index in [4.69, 9.17) is 34.8 Å². The van der Waals surface area contributed by atoms with Gasteiger partial charge in [-0.1, -0.05) is 34.8 Å². The van der Waals surface area contributed by atoms with Crippen LogP contribution in [0.4, 0.5) is 0 Å². The summed E-state index contributed by atoms with van der Waals surface area (Å²) in [7, 11) is 0. The molecule has 5 heteroatoms. The third kappa shape index (κ3) is 1.93. The topological polar surface area (TPSA) is 30.0 Å². The molecule has 0 bridgehead atoms. The van der Waals surface area contributed by atoms with Crippen LogP contribution in [-0.4, -0.2) is 11.3 Å². The van der Waals surface area contributed by atoms with E-state index in [1.165, 1.54) is 0 Å². The standard InChI is InChI=1S/C10H4Cl3NO/c11-6-2-8(12)7-1-5(4-15)10(13)14-9(7)3-6/h1-4H. The van der Waals surface area contributed by atoms with Gasteiger partial charge in [-0.15, -0.1) is 0 Å². The number of carbonyl (C=O) groups is 1. The van der Waals surface area contributed by atoms with Gasteiger partial charge in [-0.25, -0.2) is 4.98 Å². The van der Waals surface area contributed by atoms with Gasteiger partial charge in [0.1, 0.15) is 5.15 Å². The van der Waals surface area contributed by atoms with Crippen LogP contribution in [0.5, 0.6) is 0 Å². The van der Waals surface area contributed by atoms with Gasteiger partial charge in [0.25, 0.3) is 0 Å². The summed E-state index contributed by atoms with van der Waals surface area (Å²) in [5, 5.41) is 1.74. The molecule has 0 aliphatic carbocycles. The summed E-state index contributed by atoms with van der Waals surface area (Å²) < 4.78 is 0. The first-order valence-electron chi connectivity index (χ1n) is 4.02. The average Bonchev–Trinajstić information content (AvgIpc) is 2.16. The Labute approximate surface area is 101 Å². The number of nitrogens with zero attached hydrogens (tertiary/aromatic N) is 1. The molecule has 1 aromatic carbocycles. The van der Waals surface area contributed by atoms with Crippen molar-refractivity contribution >= 4 is 52.0 Å². The minimum Gasteiger partial charge on any atom is -0.298 e. The van der Waals surface area contributed by atoms with Crippen molar-refractivity contribution in [3.63, 3.8) is 0 Å². The third-order valence-electron chi connectivity index (χ3n) is 1.96. The first-order valence-corrected chi connectivity index (χ1v) is 5.15. The molecule has 0 fully saturated rings. The number of halogens is 3. The van der Waals surface area contributed by atoms with Crippen LogP contribution in [-0.2, 0) is 0 Å². The molecular formula is C10H4Cl3NO. The second-order valence-corrected chi connectivity index (χ2v) is 4.14. The first-order chi connectivity index (χ1) is 7.11. The molecule has 0 radical (unpaired) electrons. The smallest absolute Gasteiger partial charge is 0.153 e. The number of aromatic nitrogens is 1. The van der Waals surface area contributed by atoms with Crippen molar-refractivity contribution in [2.45, 2.75) is 0 Å². The van der Waals surface area contributed by atoms with E-state index in [9.17, 15) is 4.79 Å². The summed E-state index contributed by atoms with van der Waals surface area (Å²) in [6.07, 6.45) is 0.639. The Kier molecular flexibility index (Phi) is 2.83. The Balaban J connectivity index is 2.87. The Morgan fingerprint density at radius 2 is 1.87 bits per heavy atom. The maximum absolute atomic E-state index is 10.7. The molecule has 76 valence electrons. The lowest BCUT2D eigenvalue weighted by molar-refractivity contribution is 0.112. The van der Waals surface area contributed by atoms with E-state index in [1.807, 2.05) is 0 Å². The lowest BCUT2D eigenvalue weighted by Gasteiger charge is -2.03. The van der Waals surface area contributed by atoms with Crippen molar-refractivity contribution in [3.8, 4) is 0 Å². The Bertz CT molecular complexity index is 554. The minimum atomic E-state index is 0.149. The van der Waals surface area contributed by atoms with Crippen LogP contribution in [0.25, 0.3) is 10.9 Å².